The molecule has 0 aromatic heterocycles. The Labute approximate surface area is 105 Å². The van der Waals surface area contributed by atoms with Crippen LogP contribution in [0.2, 0.25) is 0 Å². The van der Waals surface area contributed by atoms with Crippen LogP contribution in [0.5, 0.6) is 0 Å². The summed E-state index contributed by atoms with van der Waals surface area (Å²) in [6, 6.07) is 5.44. The summed E-state index contributed by atoms with van der Waals surface area (Å²) in [5.41, 5.74) is 0.206. The van der Waals surface area contributed by atoms with Crippen molar-refractivity contribution < 1.29 is 13.9 Å². The Balaban J connectivity index is 2.92. The van der Waals surface area contributed by atoms with Crippen LogP contribution < -0.4 is 5.32 Å². The zero-order valence-corrected chi connectivity index (χ0v) is 10.4. The normalized spacial score (nSPS) is 11.4. The Bertz CT molecular complexity index is 469. The van der Waals surface area contributed by atoms with Gasteiger partial charge in [-0.25, -0.2) is 9.18 Å². The fourth-order valence-corrected chi connectivity index (χ4v) is 1.52. The highest BCUT2D eigenvalue weighted by Crippen LogP contribution is 2.19. The van der Waals surface area contributed by atoms with Crippen molar-refractivity contribution >= 4 is 11.7 Å². The Morgan fingerprint density at radius 1 is 1.56 bits per heavy atom. The van der Waals surface area contributed by atoms with Crippen molar-refractivity contribution in [1.82, 2.24) is 0 Å². The van der Waals surface area contributed by atoms with E-state index in [1.54, 1.807) is 26.0 Å². The molecule has 0 aliphatic rings. The number of carbonyl (C=O) groups is 1. The molecule has 0 saturated carbocycles. The first kappa shape index (κ1) is 14.0. The van der Waals surface area contributed by atoms with Gasteiger partial charge in [-0.1, -0.05) is 13.0 Å². The predicted octanol–water partition coefficient (Wildman–Crippen LogP) is 2.45. The topological polar surface area (TPSA) is 62.1 Å². The average molecular weight is 250 g/mol. The van der Waals surface area contributed by atoms with E-state index in [0.717, 1.165) is 0 Å². The summed E-state index contributed by atoms with van der Waals surface area (Å²) in [7, 11) is 0. The molecule has 0 spiro atoms. The number of hydrogen-bond donors (Lipinski definition) is 1. The van der Waals surface area contributed by atoms with E-state index in [1.807, 2.05) is 0 Å². The lowest BCUT2D eigenvalue weighted by Gasteiger charge is -2.17. The lowest BCUT2D eigenvalue weighted by Crippen LogP contribution is -2.31. The van der Waals surface area contributed by atoms with Crippen molar-refractivity contribution in [1.29, 1.82) is 5.26 Å². The van der Waals surface area contributed by atoms with E-state index in [-0.39, 0.29) is 12.2 Å². The lowest BCUT2D eigenvalue weighted by molar-refractivity contribution is -0.144. The molecule has 96 valence electrons. The molecule has 1 N–H and O–H groups in total. The van der Waals surface area contributed by atoms with Gasteiger partial charge in [0, 0.05) is 0 Å². The number of halogens is 1. The third-order valence-corrected chi connectivity index (χ3v) is 2.43. The molecule has 1 rings (SSSR count). The van der Waals surface area contributed by atoms with Crippen LogP contribution in [-0.2, 0) is 9.53 Å². The summed E-state index contributed by atoms with van der Waals surface area (Å²) >= 11 is 0. The van der Waals surface area contributed by atoms with Crippen molar-refractivity contribution in [2.75, 3.05) is 11.9 Å². The van der Waals surface area contributed by atoms with Crippen LogP contribution >= 0.6 is 0 Å². The van der Waals surface area contributed by atoms with E-state index in [1.165, 1.54) is 12.1 Å². The van der Waals surface area contributed by atoms with Gasteiger partial charge in [-0.05, 0) is 25.5 Å². The number of anilines is 1. The summed E-state index contributed by atoms with van der Waals surface area (Å²) in [5.74, 6) is -1.02. The molecular weight excluding hydrogens is 235 g/mol. The maximum absolute atomic E-state index is 13.4. The molecule has 0 saturated heterocycles. The van der Waals surface area contributed by atoms with Crippen molar-refractivity contribution in [3.05, 3.63) is 29.6 Å². The van der Waals surface area contributed by atoms with Crippen molar-refractivity contribution in [2.24, 2.45) is 0 Å². The number of ether oxygens (including phenoxy) is 1. The molecule has 0 aliphatic carbocycles. The summed E-state index contributed by atoms with van der Waals surface area (Å²) in [6.45, 7) is 3.80. The van der Waals surface area contributed by atoms with Gasteiger partial charge in [0.15, 0.2) is 0 Å². The number of benzene rings is 1. The number of nitriles is 1. The SMILES string of the molecule is CCOC(=O)C(CC)Nc1cccc(F)c1C#N. The van der Waals surface area contributed by atoms with Crippen molar-refractivity contribution in [2.45, 2.75) is 26.3 Å². The van der Waals surface area contributed by atoms with Crippen LogP contribution in [-0.4, -0.2) is 18.6 Å². The average Bonchev–Trinajstić information content (AvgIpc) is 2.36. The molecule has 18 heavy (non-hydrogen) atoms. The summed E-state index contributed by atoms with van der Waals surface area (Å²) in [5, 5.41) is 11.7. The second kappa shape index (κ2) is 6.60. The first-order chi connectivity index (χ1) is 8.63. The van der Waals surface area contributed by atoms with E-state index in [0.29, 0.717) is 12.1 Å². The summed E-state index contributed by atoms with van der Waals surface area (Å²) in [6.07, 6.45) is 0.486. The first-order valence-corrected chi connectivity index (χ1v) is 5.75. The van der Waals surface area contributed by atoms with Crippen molar-refractivity contribution in [3.63, 3.8) is 0 Å². The molecule has 0 fully saturated rings. The fourth-order valence-electron chi connectivity index (χ4n) is 1.52. The van der Waals surface area contributed by atoms with Crippen LogP contribution in [0.4, 0.5) is 10.1 Å². The Hall–Kier alpha value is -2.09. The largest absolute Gasteiger partial charge is 0.464 e. The van der Waals surface area contributed by atoms with Gasteiger partial charge < -0.3 is 10.1 Å². The maximum atomic E-state index is 13.4. The van der Waals surface area contributed by atoms with Crippen LogP contribution in [0.1, 0.15) is 25.8 Å². The van der Waals surface area contributed by atoms with Gasteiger partial charge in [0.25, 0.3) is 0 Å². The molecule has 1 aromatic carbocycles. The summed E-state index contributed by atoms with van der Waals surface area (Å²) in [4.78, 5) is 11.6. The van der Waals surface area contributed by atoms with Gasteiger partial charge in [0.05, 0.1) is 12.3 Å². The van der Waals surface area contributed by atoms with Crippen molar-refractivity contribution in [3.8, 4) is 6.07 Å². The fraction of sp³-hybridized carbons (Fsp3) is 0.385. The highest BCUT2D eigenvalue weighted by Gasteiger charge is 2.19. The van der Waals surface area contributed by atoms with E-state index < -0.39 is 17.8 Å². The van der Waals surface area contributed by atoms with Gasteiger partial charge in [0.1, 0.15) is 23.5 Å². The lowest BCUT2D eigenvalue weighted by atomic mass is 10.1. The zero-order valence-electron chi connectivity index (χ0n) is 10.4. The van der Waals surface area contributed by atoms with E-state index >= 15 is 0 Å². The Kier molecular flexibility index (Phi) is 5.12. The van der Waals surface area contributed by atoms with Crippen LogP contribution in [0.3, 0.4) is 0 Å². The third-order valence-electron chi connectivity index (χ3n) is 2.43. The van der Waals surface area contributed by atoms with Gasteiger partial charge in [0.2, 0.25) is 0 Å². The van der Waals surface area contributed by atoms with Crippen LogP contribution in [0, 0.1) is 17.1 Å². The van der Waals surface area contributed by atoms with Gasteiger partial charge >= 0.3 is 5.97 Å². The standard InChI is InChI=1S/C13H15FN2O2/c1-3-11(13(17)18-4-2)16-12-7-5-6-10(14)9(12)8-15/h5-7,11,16H,3-4H2,1-2H3. The number of hydrogen-bond acceptors (Lipinski definition) is 4. The van der Waals surface area contributed by atoms with E-state index in [4.69, 9.17) is 10.00 Å². The molecule has 0 bridgehead atoms. The molecular formula is C13H15FN2O2. The molecule has 0 aliphatic heterocycles. The molecule has 0 radical (unpaired) electrons. The van der Waals surface area contributed by atoms with Crippen LogP contribution in [0.15, 0.2) is 18.2 Å². The Morgan fingerprint density at radius 3 is 2.83 bits per heavy atom. The predicted molar refractivity (Wildman–Crippen MR) is 65.4 cm³/mol. The van der Waals surface area contributed by atoms with Gasteiger partial charge in [-0.3, -0.25) is 0 Å². The minimum absolute atomic E-state index is 0.0970. The first-order valence-electron chi connectivity index (χ1n) is 5.75. The Morgan fingerprint density at radius 2 is 2.28 bits per heavy atom. The summed E-state index contributed by atoms with van der Waals surface area (Å²) < 4.78 is 18.3. The van der Waals surface area contributed by atoms with Gasteiger partial charge in [-0.15, -0.1) is 0 Å². The smallest absolute Gasteiger partial charge is 0.328 e. The van der Waals surface area contributed by atoms with Crippen LogP contribution in [0.25, 0.3) is 0 Å². The maximum Gasteiger partial charge on any atom is 0.328 e. The number of nitrogens with zero attached hydrogens (tertiary/aromatic N) is 1. The number of rotatable bonds is 5. The second-order valence-corrected chi connectivity index (χ2v) is 3.63. The number of nitrogens with one attached hydrogen (secondary N) is 1. The molecule has 0 heterocycles. The number of esters is 1. The minimum atomic E-state index is -0.610. The quantitative estimate of drug-likeness (QED) is 0.815. The molecule has 1 unspecified atom stereocenters. The minimum Gasteiger partial charge on any atom is -0.464 e. The number of carbonyl (C=O) groups excluding carboxylic acids is 1. The third kappa shape index (κ3) is 3.20. The van der Waals surface area contributed by atoms with Gasteiger partial charge in [-0.2, -0.15) is 5.26 Å². The molecule has 1 aromatic rings. The second-order valence-electron chi connectivity index (χ2n) is 3.63. The highest BCUT2D eigenvalue weighted by molar-refractivity contribution is 5.80. The molecule has 1 atom stereocenters. The molecule has 0 amide bonds. The highest BCUT2D eigenvalue weighted by atomic mass is 19.1. The molecule has 4 nitrogen and oxygen atoms in total. The van der Waals surface area contributed by atoms with E-state index in [2.05, 4.69) is 5.32 Å². The molecule has 5 heteroatoms. The zero-order chi connectivity index (χ0) is 13.5. The van der Waals surface area contributed by atoms with E-state index in [9.17, 15) is 9.18 Å². The monoisotopic (exact) mass is 250 g/mol.